The maximum Gasteiger partial charge on any atom is 0.298 e. The second-order valence-electron chi connectivity index (χ2n) is 7.53. The van der Waals surface area contributed by atoms with Crippen LogP contribution < -0.4 is 5.32 Å². The monoisotopic (exact) mass is 391 g/mol. The van der Waals surface area contributed by atoms with E-state index in [0.29, 0.717) is 22.8 Å². The number of carbonyl (C=O) groups is 2. The molecule has 1 N–H and O–H groups in total. The number of ketones is 1. The van der Waals surface area contributed by atoms with Crippen LogP contribution in [0, 0.1) is 13.8 Å². The summed E-state index contributed by atoms with van der Waals surface area (Å²) in [5.41, 5.74) is 2.37. The van der Waals surface area contributed by atoms with Crippen molar-refractivity contribution in [1.82, 2.24) is 19.6 Å². The zero-order chi connectivity index (χ0) is 20.4. The lowest BCUT2D eigenvalue weighted by atomic mass is 9.96. The van der Waals surface area contributed by atoms with E-state index in [2.05, 4.69) is 15.5 Å². The number of aryl methyl sites for hydroxylation is 1. The lowest BCUT2D eigenvalue weighted by Gasteiger charge is -2.23. The van der Waals surface area contributed by atoms with Crippen LogP contribution in [0.25, 0.3) is 5.69 Å². The van der Waals surface area contributed by atoms with Gasteiger partial charge in [0, 0.05) is 6.07 Å². The smallest absolute Gasteiger partial charge is 0.298 e. The SMILES string of the molecule is Cc1nn(-c2ccccc2)c(C)c1C(=O)C(=O)Nc1ccnn1C1CCCCC1. The number of hydrogen-bond donors (Lipinski definition) is 1. The van der Waals surface area contributed by atoms with E-state index in [1.807, 2.05) is 35.0 Å². The number of Topliss-reactive ketones (excluding diaryl/α,β-unsaturated/α-hetero) is 1. The molecule has 0 aliphatic heterocycles. The maximum absolute atomic E-state index is 12.9. The molecular weight excluding hydrogens is 366 g/mol. The van der Waals surface area contributed by atoms with Crippen molar-refractivity contribution in [1.29, 1.82) is 0 Å². The van der Waals surface area contributed by atoms with E-state index < -0.39 is 11.7 Å². The third kappa shape index (κ3) is 3.72. The highest BCUT2D eigenvalue weighted by atomic mass is 16.2. The molecule has 1 amide bonds. The summed E-state index contributed by atoms with van der Waals surface area (Å²) >= 11 is 0. The average molecular weight is 391 g/mol. The Labute approximate surface area is 169 Å². The molecule has 0 bridgehead atoms. The molecule has 1 aromatic carbocycles. The van der Waals surface area contributed by atoms with Crippen LogP contribution in [0.15, 0.2) is 42.6 Å². The predicted molar refractivity (Wildman–Crippen MR) is 110 cm³/mol. The number of hydrogen-bond acceptors (Lipinski definition) is 4. The van der Waals surface area contributed by atoms with E-state index in [1.165, 1.54) is 6.42 Å². The summed E-state index contributed by atoms with van der Waals surface area (Å²) in [4.78, 5) is 25.7. The fourth-order valence-corrected chi connectivity index (χ4v) is 4.11. The summed E-state index contributed by atoms with van der Waals surface area (Å²) in [6.07, 6.45) is 7.31. The number of para-hydroxylation sites is 1. The Hall–Kier alpha value is -3.22. The van der Waals surface area contributed by atoms with Gasteiger partial charge < -0.3 is 5.32 Å². The molecule has 0 unspecified atom stereocenters. The van der Waals surface area contributed by atoms with Crippen molar-refractivity contribution in [2.45, 2.75) is 52.0 Å². The molecule has 4 rings (SSSR count). The summed E-state index contributed by atoms with van der Waals surface area (Å²) in [5.74, 6) is -0.680. The minimum Gasteiger partial charge on any atom is -0.304 e. The predicted octanol–water partition coefficient (Wildman–Crippen LogP) is 4.01. The number of rotatable bonds is 5. The van der Waals surface area contributed by atoms with E-state index in [9.17, 15) is 9.59 Å². The molecule has 2 aromatic heterocycles. The van der Waals surface area contributed by atoms with Crippen molar-refractivity contribution in [3.05, 3.63) is 59.5 Å². The zero-order valence-electron chi connectivity index (χ0n) is 16.8. The van der Waals surface area contributed by atoms with Gasteiger partial charge in [0.2, 0.25) is 0 Å². The number of aromatic nitrogens is 4. The molecule has 7 nitrogen and oxygen atoms in total. The van der Waals surface area contributed by atoms with Crippen LogP contribution in [0.2, 0.25) is 0 Å². The van der Waals surface area contributed by atoms with Crippen molar-refractivity contribution in [3.8, 4) is 5.69 Å². The highest BCUT2D eigenvalue weighted by Crippen LogP contribution is 2.30. The Kier molecular flexibility index (Phi) is 5.29. The number of anilines is 1. The van der Waals surface area contributed by atoms with Gasteiger partial charge >= 0.3 is 0 Å². The Morgan fingerprint density at radius 1 is 1.03 bits per heavy atom. The number of nitrogens with one attached hydrogen (secondary N) is 1. The van der Waals surface area contributed by atoms with E-state index in [-0.39, 0.29) is 6.04 Å². The minimum atomic E-state index is -0.665. The summed E-state index contributed by atoms with van der Waals surface area (Å²) < 4.78 is 3.54. The first-order chi connectivity index (χ1) is 14.1. The topological polar surface area (TPSA) is 81.8 Å². The first-order valence-electron chi connectivity index (χ1n) is 10.1. The largest absolute Gasteiger partial charge is 0.304 e. The van der Waals surface area contributed by atoms with Crippen LogP contribution in [-0.4, -0.2) is 31.3 Å². The molecule has 0 spiro atoms. The Bertz CT molecular complexity index is 1030. The summed E-state index contributed by atoms with van der Waals surface area (Å²) in [6.45, 7) is 3.55. The molecule has 1 saturated carbocycles. The third-order valence-corrected chi connectivity index (χ3v) is 5.56. The Balaban J connectivity index is 1.56. The first-order valence-corrected chi connectivity index (χ1v) is 10.1. The fraction of sp³-hybridized carbons (Fsp3) is 0.364. The van der Waals surface area contributed by atoms with Gasteiger partial charge in [0.05, 0.1) is 34.9 Å². The van der Waals surface area contributed by atoms with Gasteiger partial charge in [-0.3, -0.25) is 9.59 Å². The third-order valence-electron chi connectivity index (χ3n) is 5.56. The molecular formula is C22H25N5O2. The van der Waals surface area contributed by atoms with Gasteiger partial charge in [0.15, 0.2) is 0 Å². The lowest BCUT2D eigenvalue weighted by molar-refractivity contribution is -0.112. The maximum atomic E-state index is 12.9. The minimum absolute atomic E-state index is 0.272. The molecule has 7 heteroatoms. The fourth-order valence-electron chi connectivity index (χ4n) is 4.11. The van der Waals surface area contributed by atoms with E-state index >= 15 is 0 Å². The highest BCUT2D eigenvalue weighted by molar-refractivity contribution is 6.47. The van der Waals surface area contributed by atoms with Gasteiger partial charge in [0.25, 0.3) is 11.7 Å². The van der Waals surface area contributed by atoms with Crippen LogP contribution in [-0.2, 0) is 4.79 Å². The summed E-state index contributed by atoms with van der Waals surface area (Å²) in [6, 6.07) is 11.6. The second kappa shape index (κ2) is 8.03. The number of benzene rings is 1. The Morgan fingerprint density at radius 2 is 1.76 bits per heavy atom. The normalized spacial score (nSPS) is 14.7. The van der Waals surface area contributed by atoms with Crippen molar-refractivity contribution in [2.24, 2.45) is 0 Å². The van der Waals surface area contributed by atoms with Crippen LogP contribution in [0.4, 0.5) is 5.82 Å². The lowest BCUT2D eigenvalue weighted by Crippen LogP contribution is -2.26. The van der Waals surface area contributed by atoms with Crippen LogP contribution >= 0.6 is 0 Å². The molecule has 0 atom stereocenters. The molecule has 2 heterocycles. The van der Waals surface area contributed by atoms with Crippen molar-refractivity contribution < 1.29 is 9.59 Å². The first kappa shape index (κ1) is 19.1. The Morgan fingerprint density at radius 3 is 2.48 bits per heavy atom. The van der Waals surface area contributed by atoms with Gasteiger partial charge in [-0.2, -0.15) is 10.2 Å². The van der Waals surface area contributed by atoms with Gasteiger partial charge in [0.1, 0.15) is 5.82 Å². The number of amides is 1. The van der Waals surface area contributed by atoms with Crippen LogP contribution in [0.1, 0.15) is 59.9 Å². The zero-order valence-corrected chi connectivity index (χ0v) is 16.8. The number of nitrogens with zero attached hydrogens (tertiary/aromatic N) is 4. The molecule has 0 radical (unpaired) electrons. The van der Waals surface area contributed by atoms with E-state index in [4.69, 9.17) is 0 Å². The second-order valence-corrected chi connectivity index (χ2v) is 7.53. The quantitative estimate of drug-likeness (QED) is 0.526. The van der Waals surface area contributed by atoms with Crippen LogP contribution in [0.3, 0.4) is 0 Å². The highest BCUT2D eigenvalue weighted by Gasteiger charge is 2.27. The number of carbonyl (C=O) groups excluding carboxylic acids is 2. The molecule has 1 aliphatic rings. The van der Waals surface area contributed by atoms with Gasteiger partial charge in [-0.15, -0.1) is 0 Å². The molecule has 3 aromatic rings. The molecule has 150 valence electrons. The van der Waals surface area contributed by atoms with Gasteiger partial charge in [-0.25, -0.2) is 9.36 Å². The van der Waals surface area contributed by atoms with Crippen molar-refractivity contribution in [3.63, 3.8) is 0 Å². The summed E-state index contributed by atoms with van der Waals surface area (Å²) in [7, 11) is 0. The van der Waals surface area contributed by atoms with Crippen molar-refractivity contribution >= 4 is 17.5 Å². The average Bonchev–Trinajstić information content (AvgIpc) is 3.32. The van der Waals surface area contributed by atoms with Crippen molar-refractivity contribution in [2.75, 3.05) is 5.32 Å². The molecule has 29 heavy (non-hydrogen) atoms. The van der Waals surface area contributed by atoms with Gasteiger partial charge in [-0.05, 0) is 38.8 Å². The molecule has 1 fully saturated rings. The van der Waals surface area contributed by atoms with E-state index in [1.54, 1.807) is 30.8 Å². The van der Waals surface area contributed by atoms with Gasteiger partial charge in [-0.1, -0.05) is 37.5 Å². The van der Waals surface area contributed by atoms with Crippen LogP contribution in [0.5, 0.6) is 0 Å². The summed E-state index contributed by atoms with van der Waals surface area (Å²) in [5, 5.41) is 11.6. The standard InChI is InChI=1S/C22H25N5O2/c1-15-20(16(2)26(25-15)17-9-5-3-6-10-17)21(28)22(29)24-19-13-14-23-27(19)18-11-7-4-8-12-18/h3,5-6,9-10,13-14,18H,4,7-8,11-12H2,1-2H3,(H,24,29). The molecule has 0 saturated heterocycles. The van der Waals surface area contributed by atoms with E-state index in [0.717, 1.165) is 31.4 Å². The molecule has 1 aliphatic carbocycles.